The molecule has 0 spiro atoms. The van der Waals surface area contributed by atoms with Crippen LogP contribution >= 0.6 is 0 Å². The minimum Gasteiger partial charge on any atom is -0.340 e. The maximum atomic E-state index is 12.2. The van der Waals surface area contributed by atoms with Gasteiger partial charge in [-0.3, -0.25) is 9.69 Å². The van der Waals surface area contributed by atoms with Crippen molar-refractivity contribution in [2.75, 3.05) is 32.7 Å². The normalized spacial score (nSPS) is 19.1. The van der Waals surface area contributed by atoms with Crippen molar-refractivity contribution in [1.29, 1.82) is 0 Å². The summed E-state index contributed by atoms with van der Waals surface area (Å²) in [5.74, 6) is -0.0887. The van der Waals surface area contributed by atoms with Crippen LogP contribution in [0.1, 0.15) is 20.3 Å². The van der Waals surface area contributed by atoms with E-state index in [0.29, 0.717) is 13.1 Å². The molecule has 2 N–H and O–H groups in total. The highest BCUT2D eigenvalue weighted by molar-refractivity contribution is 5.77. The molecule has 0 saturated carbocycles. The lowest BCUT2D eigenvalue weighted by Crippen LogP contribution is -2.52. The van der Waals surface area contributed by atoms with Crippen LogP contribution in [0.15, 0.2) is 0 Å². The molecule has 4 nitrogen and oxygen atoms in total. The van der Waals surface area contributed by atoms with Gasteiger partial charge in [-0.2, -0.15) is 13.2 Å². The van der Waals surface area contributed by atoms with E-state index in [4.69, 9.17) is 5.73 Å². The van der Waals surface area contributed by atoms with E-state index in [1.54, 1.807) is 18.7 Å². The topological polar surface area (TPSA) is 49.6 Å². The molecule has 1 rings (SSSR count). The molecule has 1 saturated heterocycles. The minimum atomic E-state index is -4.18. The molecule has 0 aromatic heterocycles. The number of carbonyl (C=O) groups is 1. The van der Waals surface area contributed by atoms with Gasteiger partial charge in [0, 0.05) is 38.1 Å². The molecule has 18 heavy (non-hydrogen) atoms. The average molecular weight is 267 g/mol. The maximum absolute atomic E-state index is 12.2. The van der Waals surface area contributed by atoms with Crippen molar-refractivity contribution in [2.45, 2.75) is 32.0 Å². The van der Waals surface area contributed by atoms with E-state index in [9.17, 15) is 18.0 Å². The molecule has 1 aliphatic heterocycles. The Bertz CT molecular complexity index is 291. The second kappa shape index (κ2) is 5.44. The van der Waals surface area contributed by atoms with Crippen LogP contribution in [-0.2, 0) is 4.79 Å². The van der Waals surface area contributed by atoms with Crippen LogP contribution < -0.4 is 5.73 Å². The summed E-state index contributed by atoms with van der Waals surface area (Å²) in [6, 6.07) is 0. The van der Waals surface area contributed by atoms with Gasteiger partial charge < -0.3 is 10.6 Å². The predicted molar refractivity (Wildman–Crippen MR) is 62.0 cm³/mol. The molecule has 1 amide bonds. The van der Waals surface area contributed by atoms with Crippen molar-refractivity contribution in [2.24, 2.45) is 5.73 Å². The van der Waals surface area contributed by atoms with Gasteiger partial charge >= 0.3 is 6.18 Å². The van der Waals surface area contributed by atoms with E-state index in [-0.39, 0.29) is 25.4 Å². The van der Waals surface area contributed by atoms with Gasteiger partial charge in [0.15, 0.2) is 0 Å². The van der Waals surface area contributed by atoms with E-state index in [1.807, 2.05) is 0 Å². The SMILES string of the molecule is CC(C)(N)CC(=O)N1CCN(CC(F)(F)F)CC1. The van der Waals surface area contributed by atoms with Crippen LogP contribution in [-0.4, -0.2) is 60.1 Å². The molecule has 0 atom stereocenters. The van der Waals surface area contributed by atoms with Crippen LogP contribution in [0.25, 0.3) is 0 Å². The van der Waals surface area contributed by atoms with Gasteiger partial charge in [0.1, 0.15) is 0 Å². The lowest BCUT2D eigenvalue weighted by Gasteiger charge is -2.36. The van der Waals surface area contributed by atoms with E-state index >= 15 is 0 Å². The minimum absolute atomic E-state index is 0.0887. The van der Waals surface area contributed by atoms with Crippen LogP contribution in [0.2, 0.25) is 0 Å². The number of amides is 1. The molecular weight excluding hydrogens is 247 g/mol. The highest BCUT2D eigenvalue weighted by Gasteiger charge is 2.33. The second-order valence-corrected chi connectivity index (χ2v) is 5.44. The number of rotatable bonds is 3. The van der Waals surface area contributed by atoms with Crippen LogP contribution in [0, 0.1) is 0 Å². The van der Waals surface area contributed by atoms with Crippen molar-refractivity contribution >= 4 is 5.91 Å². The van der Waals surface area contributed by atoms with Gasteiger partial charge in [0.05, 0.1) is 6.54 Å². The summed E-state index contributed by atoms with van der Waals surface area (Å²) < 4.78 is 36.5. The molecule has 106 valence electrons. The molecule has 0 aliphatic carbocycles. The first-order valence-electron chi connectivity index (χ1n) is 5.93. The molecule has 1 aliphatic rings. The quantitative estimate of drug-likeness (QED) is 0.823. The summed E-state index contributed by atoms with van der Waals surface area (Å²) in [6.45, 7) is 3.80. The van der Waals surface area contributed by atoms with Gasteiger partial charge in [-0.15, -0.1) is 0 Å². The third kappa shape index (κ3) is 5.68. The van der Waals surface area contributed by atoms with Crippen molar-refractivity contribution in [1.82, 2.24) is 9.80 Å². The zero-order valence-corrected chi connectivity index (χ0v) is 10.8. The Kier molecular flexibility index (Phi) is 4.61. The number of carbonyl (C=O) groups excluding carboxylic acids is 1. The molecule has 7 heteroatoms. The van der Waals surface area contributed by atoms with Gasteiger partial charge in [0.25, 0.3) is 0 Å². The van der Waals surface area contributed by atoms with Crippen molar-refractivity contribution in [3.05, 3.63) is 0 Å². The smallest absolute Gasteiger partial charge is 0.340 e. The molecule has 0 aromatic carbocycles. The molecule has 0 aromatic rings. The third-order valence-electron chi connectivity index (χ3n) is 2.73. The Morgan fingerprint density at radius 1 is 1.17 bits per heavy atom. The fraction of sp³-hybridized carbons (Fsp3) is 0.909. The zero-order valence-electron chi connectivity index (χ0n) is 10.8. The van der Waals surface area contributed by atoms with E-state index in [0.717, 1.165) is 0 Å². The highest BCUT2D eigenvalue weighted by Crippen LogP contribution is 2.18. The van der Waals surface area contributed by atoms with Gasteiger partial charge in [-0.1, -0.05) is 0 Å². The molecule has 0 bridgehead atoms. The Morgan fingerprint density at radius 3 is 2.06 bits per heavy atom. The summed E-state index contributed by atoms with van der Waals surface area (Å²) in [6.07, 6.45) is -3.96. The van der Waals surface area contributed by atoms with Gasteiger partial charge in [-0.25, -0.2) is 0 Å². The van der Waals surface area contributed by atoms with Crippen LogP contribution in [0.3, 0.4) is 0 Å². The zero-order chi connectivity index (χ0) is 14.0. The summed E-state index contributed by atoms with van der Waals surface area (Å²) in [5.41, 5.74) is 5.16. The number of halogens is 3. The monoisotopic (exact) mass is 267 g/mol. The lowest BCUT2D eigenvalue weighted by atomic mass is 10.0. The molecular formula is C11H20F3N3O. The first-order chi connectivity index (χ1) is 8.07. The lowest BCUT2D eigenvalue weighted by molar-refractivity contribution is -0.151. The van der Waals surface area contributed by atoms with Crippen LogP contribution in [0.5, 0.6) is 0 Å². The Hall–Kier alpha value is -0.820. The number of piperazine rings is 1. The number of hydrogen-bond acceptors (Lipinski definition) is 3. The first kappa shape index (κ1) is 15.2. The van der Waals surface area contributed by atoms with Gasteiger partial charge in [-0.05, 0) is 13.8 Å². The number of alkyl halides is 3. The van der Waals surface area contributed by atoms with Crippen molar-refractivity contribution in [3.8, 4) is 0 Å². The molecule has 1 heterocycles. The maximum Gasteiger partial charge on any atom is 0.401 e. The summed E-state index contributed by atoms with van der Waals surface area (Å²) >= 11 is 0. The molecule has 0 unspecified atom stereocenters. The Morgan fingerprint density at radius 2 is 1.67 bits per heavy atom. The van der Waals surface area contributed by atoms with Crippen LogP contribution in [0.4, 0.5) is 13.2 Å². The standard InChI is InChI=1S/C11H20F3N3O/c1-10(2,15)7-9(18)17-5-3-16(4-6-17)8-11(12,13)14/h3-8,15H2,1-2H3. The highest BCUT2D eigenvalue weighted by atomic mass is 19.4. The Balaban J connectivity index is 2.37. The number of nitrogens with two attached hydrogens (primary N) is 1. The first-order valence-corrected chi connectivity index (χ1v) is 5.93. The molecule has 0 radical (unpaired) electrons. The van der Waals surface area contributed by atoms with E-state index in [1.165, 1.54) is 4.90 Å². The van der Waals surface area contributed by atoms with Gasteiger partial charge in [0.2, 0.25) is 5.91 Å². The predicted octanol–water partition coefficient (Wildman–Crippen LogP) is 0.820. The fourth-order valence-electron chi connectivity index (χ4n) is 1.91. The second-order valence-electron chi connectivity index (χ2n) is 5.44. The fourth-order valence-corrected chi connectivity index (χ4v) is 1.91. The van der Waals surface area contributed by atoms with Crippen molar-refractivity contribution < 1.29 is 18.0 Å². The number of hydrogen-bond donors (Lipinski definition) is 1. The third-order valence-corrected chi connectivity index (χ3v) is 2.73. The van der Waals surface area contributed by atoms with Crippen molar-refractivity contribution in [3.63, 3.8) is 0 Å². The van der Waals surface area contributed by atoms with E-state index < -0.39 is 18.3 Å². The van der Waals surface area contributed by atoms with E-state index in [2.05, 4.69) is 0 Å². The Labute approximate surface area is 105 Å². The average Bonchev–Trinajstić information content (AvgIpc) is 2.13. The molecule has 1 fully saturated rings. The summed E-state index contributed by atoms with van der Waals surface area (Å²) in [4.78, 5) is 14.7. The summed E-state index contributed by atoms with van der Waals surface area (Å²) in [5, 5.41) is 0. The summed E-state index contributed by atoms with van der Waals surface area (Å²) in [7, 11) is 0. The number of nitrogens with zero attached hydrogens (tertiary/aromatic N) is 2. The largest absolute Gasteiger partial charge is 0.401 e.